The number of thiophene rings is 1. The molecule has 0 unspecified atom stereocenters. The molecule has 3 aromatic rings. The minimum absolute atomic E-state index is 0.157. The Balaban J connectivity index is 1.89. The zero-order chi connectivity index (χ0) is 19.6. The van der Waals surface area contributed by atoms with Crippen LogP contribution in [0.3, 0.4) is 0 Å². The van der Waals surface area contributed by atoms with Crippen molar-refractivity contribution in [2.24, 2.45) is 0 Å². The summed E-state index contributed by atoms with van der Waals surface area (Å²) >= 11 is 1.30. The fourth-order valence-electron chi connectivity index (χ4n) is 2.63. The van der Waals surface area contributed by atoms with Gasteiger partial charge < -0.3 is 9.47 Å². The third-order valence-corrected chi connectivity index (χ3v) is 6.39. The van der Waals surface area contributed by atoms with Gasteiger partial charge in [0.15, 0.2) is 0 Å². The summed E-state index contributed by atoms with van der Waals surface area (Å²) in [6.07, 6.45) is 0. The summed E-state index contributed by atoms with van der Waals surface area (Å²) in [5.74, 6) is 0.245. The molecule has 0 spiro atoms. The van der Waals surface area contributed by atoms with Crippen LogP contribution < -0.4 is 9.46 Å². The number of methoxy groups -OCH3 is 1. The molecule has 0 atom stereocenters. The Kier molecular flexibility index (Phi) is 5.38. The topological polar surface area (TPSA) is 81.7 Å². The van der Waals surface area contributed by atoms with Crippen LogP contribution in [0.1, 0.15) is 22.2 Å². The number of rotatable bonds is 6. The molecular weight excluding hydrogens is 386 g/mol. The summed E-state index contributed by atoms with van der Waals surface area (Å²) in [5, 5.41) is 0.767. The van der Waals surface area contributed by atoms with E-state index in [1.165, 1.54) is 24.5 Å². The smallest absolute Gasteiger partial charge is 0.348 e. The maximum atomic E-state index is 12.7. The normalized spacial score (nSPS) is 11.4. The molecule has 0 fully saturated rings. The quantitative estimate of drug-likeness (QED) is 0.622. The maximum Gasteiger partial charge on any atom is 0.348 e. The van der Waals surface area contributed by atoms with E-state index in [0.717, 1.165) is 15.6 Å². The van der Waals surface area contributed by atoms with Crippen LogP contribution in [0, 0.1) is 6.92 Å². The predicted octanol–water partition coefficient (Wildman–Crippen LogP) is 4.20. The van der Waals surface area contributed by atoms with Gasteiger partial charge in [-0.25, -0.2) is 13.2 Å². The third kappa shape index (κ3) is 4.06. The summed E-state index contributed by atoms with van der Waals surface area (Å²) in [5.41, 5.74) is 1.17. The third-order valence-electron chi connectivity index (χ3n) is 3.91. The van der Waals surface area contributed by atoms with Crippen LogP contribution in [-0.2, 0) is 14.8 Å². The van der Waals surface area contributed by atoms with Gasteiger partial charge in [0.05, 0.1) is 18.6 Å². The van der Waals surface area contributed by atoms with Gasteiger partial charge in [-0.15, -0.1) is 11.3 Å². The second-order valence-electron chi connectivity index (χ2n) is 5.82. The van der Waals surface area contributed by atoms with Gasteiger partial charge in [-0.3, -0.25) is 4.72 Å². The number of carbonyl (C=O) groups excluding carboxylic acids is 1. The number of ether oxygens (including phenoxy) is 2. The molecule has 0 radical (unpaired) electrons. The molecule has 0 amide bonds. The SMILES string of the molecule is CCOc1ccc(S(=O)(=O)Nc2ccc3sc(C(=O)OC)cc3c2)cc1C. The van der Waals surface area contributed by atoms with Crippen LogP contribution in [-0.4, -0.2) is 28.1 Å². The van der Waals surface area contributed by atoms with E-state index in [1.54, 1.807) is 43.3 Å². The largest absolute Gasteiger partial charge is 0.494 e. The first-order chi connectivity index (χ1) is 12.8. The average Bonchev–Trinajstić information content (AvgIpc) is 3.05. The molecule has 0 bridgehead atoms. The predicted molar refractivity (Wildman–Crippen MR) is 106 cm³/mol. The molecule has 3 rings (SSSR count). The van der Waals surface area contributed by atoms with Gasteiger partial charge in [0.1, 0.15) is 10.6 Å². The standard InChI is InChI=1S/C19H19NO5S2/c1-4-25-16-7-6-15(9-12(16)2)27(22,23)20-14-5-8-17-13(10-14)11-18(26-17)19(21)24-3/h5-11,20H,4H2,1-3H3. The molecular formula is C19H19NO5S2. The first-order valence-electron chi connectivity index (χ1n) is 8.22. The number of esters is 1. The number of benzene rings is 2. The number of anilines is 1. The van der Waals surface area contributed by atoms with Crippen molar-refractivity contribution in [3.63, 3.8) is 0 Å². The second kappa shape index (κ2) is 7.58. The Hall–Kier alpha value is -2.58. The van der Waals surface area contributed by atoms with E-state index in [0.29, 0.717) is 22.9 Å². The second-order valence-corrected chi connectivity index (χ2v) is 8.59. The maximum absolute atomic E-state index is 12.7. The summed E-state index contributed by atoms with van der Waals surface area (Å²) in [4.78, 5) is 12.3. The van der Waals surface area contributed by atoms with E-state index in [9.17, 15) is 13.2 Å². The number of fused-ring (bicyclic) bond motifs is 1. The lowest BCUT2D eigenvalue weighted by Crippen LogP contribution is -2.13. The number of carbonyl (C=O) groups is 1. The lowest BCUT2D eigenvalue weighted by atomic mass is 10.2. The Morgan fingerprint density at radius 3 is 2.59 bits per heavy atom. The van der Waals surface area contributed by atoms with Gasteiger partial charge >= 0.3 is 5.97 Å². The van der Waals surface area contributed by atoms with E-state index < -0.39 is 16.0 Å². The molecule has 1 N–H and O–H groups in total. The highest BCUT2D eigenvalue weighted by Gasteiger charge is 2.17. The Morgan fingerprint density at radius 2 is 1.93 bits per heavy atom. The molecule has 1 aromatic heterocycles. The molecule has 0 aliphatic carbocycles. The lowest BCUT2D eigenvalue weighted by molar-refractivity contribution is 0.0606. The Morgan fingerprint density at radius 1 is 1.15 bits per heavy atom. The summed E-state index contributed by atoms with van der Waals surface area (Å²) < 4.78 is 39.0. The van der Waals surface area contributed by atoms with Gasteiger partial charge in [0.2, 0.25) is 0 Å². The van der Waals surface area contributed by atoms with Gasteiger partial charge in [-0.05, 0) is 67.3 Å². The molecule has 0 saturated heterocycles. The number of aryl methyl sites for hydroxylation is 1. The van der Waals surface area contributed by atoms with Crippen LogP contribution in [0.4, 0.5) is 5.69 Å². The molecule has 0 aliphatic heterocycles. The first-order valence-corrected chi connectivity index (χ1v) is 10.5. The average molecular weight is 405 g/mol. The zero-order valence-electron chi connectivity index (χ0n) is 15.1. The highest BCUT2D eigenvalue weighted by Crippen LogP contribution is 2.30. The summed E-state index contributed by atoms with van der Waals surface area (Å²) in [7, 11) is -2.42. The summed E-state index contributed by atoms with van der Waals surface area (Å²) in [6.45, 7) is 4.19. The van der Waals surface area contributed by atoms with Crippen molar-refractivity contribution in [2.45, 2.75) is 18.7 Å². The van der Waals surface area contributed by atoms with E-state index in [1.807, 2.05) is 6.92 Å². The van der Waals surface area contributed by atoms with E-state index >= 15 is 0 Å². The molecule has 0 saturated carbocycles. The van der Waals surface area contributed by atoms with Crippen molar-refractivity contribution in [1.29, 1.82) is 0 Å². The van der Waals surface area contributed by atoms with Crippen molar-refractivity contribution in [3.05, 3.63) is 52.9 Å². The summed E-state index contributed by atoms with van der Waals surface area (Å²) in [6, 6.07) is 11.6. The molecule has 0 aliphatic rings. The van der Waals surface area contributed by atoms with Crippen LogP contribution in [0.15, 0.2) is 47.4 Å². The van der Waals surface area contributed by atoms with Crippen LogP contribution in [0.25, 0.3) is 10.1 Å². The van der Waals surface area contributed by atoms with Gasteiger partial charge in [0.25, 0.3) is 10.0 Å². The van der Waals surface area contributed by atoms with Crippen molar-refractivity contribution >= 4 is 43.1 Å². The zero-order valence-corrected chi connectivity index (χ0v) is 16.7. The van der Waals surface area contributed by atoms with Gasteiger partial charge in [-0.1, -0.05) is 0 Å². The lowest BCUT2D eigenvalue weighted by Gasteiger charge is -2.11. The molecule has 2 aromatic carbocycles. The first kappa shape index (κ1) is 19.2. The molecule has 6 nitrogen and oxygen atoms in total. The van der Waals surface area contributed by atoms with Crippen molar-refractivity contribution in [2.75, 3.05) is 18.4 Å². The number of sulfonamides is 1. The van der Waals surface area contributed by atoms with Crippen molar-refractivity contribution < 1.29 is 22.7 Å². The number of hydrogen-bond acceptors (Lipinski definition) is 6. The molecule has 1 heterocycles. The van der Waals surface area contributed by atoms with Gasteiger partial charge in [-0.2, -0.15) is 0 Å². The van der Waals surface area contributed by atoms with E-state index in [-0.39, 0.29) is 4.90 Å². The molecule has 27 heavy (non-hydrogen) atoms. The van der Waals surface area contributed by atoms with Gasteiger partial charge in [0, 0.05) is 10.4 Å². The monoisotopic (exact) mass is 405 g/mol. The van der Waals surface area contributed by atoms with Crippen LogP contribution in [0.5, 0.6) is 5.75 Å². The van der Waals surface area contributed by atoms with Crippen molar-refractivity contribution in [3.8, 4) is 5.75 Å². The van der Waals surface area contributed by atoms with E-state index in [2.05, 4.69) is 4.72 Å². The fourth-order valence-corrected chi connectivity index (χ4v) is 4.72. The Labute approximate surface area is 161 Å². The Bertz CT molecular complexity index is 1100. The van der Waals surface area contributed by atoms with Crippen molar-refractivity contribution in [1.82, 2.24) is 0 Å². The molecule has 142 valence electrons. The highest BCUT2D eigenvalue weighted by atomic mass is 32.2. The number of nitrogens with one attached hydrogen (secondary N) is 1. The van der Waals surface area contributed by atoms with E-state index in [4.69, 9.17) is 9.47 Å². The molecule has 8 heteroatoms. The van der Waals surface area contributed by atoms with Crippen LogP contribution in [0.2, 0.25) is 0 Å². The highest BCUT2D eigenvalue weighted by molar-refractivity contribution is 7.92. The number of hydrogen-bond donors (Lipinski definition) is 1. The minimum atomic E-state index is -3.74. The fraction of sp³-hybridized carbons (Fsp3) is 0.211. The van der Waals surface area contributed by atoms with Crippen LogP contribution >= 0.6 is 11.3 Å². The minimum Gasteiger partial charge on any atom is -0.494 e.